The zero-order valence-corrected chi connectivity index (χ0v) is 53.1. The van der Waals surface area contributed by atoms with Gasteiger partial charge in [-0.3, -0.25) is 9.59 Å². The van der Waals surface area contributed by atoms with Crippen LogP contribution in [0.25, 0.3) is 0 Å². The quantitative estimate of drug-likeness (QED) is 0.0320. The monoisotopic (exact) mass is 1110 g/mol. The fourth-order valence-corrected chi connectivity index (χ4v) is 10.9. The number of amides is 1. The molecule has 79 heavy (non-hydrogen) atoms. The van der Waals surface area contributed by atoms with Crippen molar-refractivity contribution in [3.05, 3.63) is 48.6 Å². The Bertz CT molecular complexity index is 1320. The fourth-order valence-electron chi connectivity index (χ4n) is 10.9. The van der Waals surface area contributed by atoms with Crippen molar-refractivity contribution in [3.63, 3.8) is 0 Å². The molecule has 1 amide bonds. The molecule has 0 aromatic carbocycles. The standard InChI is InChI=1S/C73H137NO5/c1-3-5-7-9-11-13-15-17-19-21-22-23-27-30-34-37-41-45-49-53-57-61-65-71(76)70(69-75)74-72(77)66-62-58-54-50-46-42-38-35-31-28-25-24-26-29-32-36-40-44-48-52-56-60-64-68-79-73(78)67-63-59-55-51-47-43-39-33-20-18-16-14-12-10-8-6-4-2/h12,14,18,20,24,26,28,31,70-71,75-76H,3-11,13,15-17,19,21-23,25,27,29-30,32-69H2,1-2H3,(H,74,77)/b14-12-,20-18-,26-24-,31-28-. The van der Waals surface area contributed by atoms with Crippen molar-refractivity contribution in [2.45, 2.75) is 392 Å². The molecule has 0 saturated carbocycles. The summed E-state index contributed by atoms with van der Waals surface area (Å²) in [5, 5.41) is 23.4. The Morgan fingerprint density at radius 2 is 0.633 bits per heavy atom. The van der Waals surface area contributed by atoms with E-state index in [1.54, 1.807) is 0 Å². The van der Waals surface area contributed by atoms with Crippen molar-refractivity contribution in [3.8, 4) is 0 Å². The number of carbonyl (C=O) groups excluding carboxylic acids is 2. The van der Waals surface area contributed by atoms with E-state index in [4.69, 9.17) is 4.74 Å². The molecule has 6 nitrogen and oxygen atoms in total. The van der Waals surface area contributed by atoms with Crippen LogP contribution in [0.15, 0.2) is 48.6 Å². The third-order valence-corrected chi connectivity index (χ3v) is 16.4. The Balaban J connectivity index is 3.45. The Kier molecular flexibility index (Phi) is 66.4. The number of nitrogens with one attached hydrogen (secondary N) is 1. The number of carbonyl (C=O) groups is 2. The van der Waals surface area contributed by atoms with Crippen molar-refractivity contribution < 1.29 is 24.5 Å². The summed E-state index contributed by atoms with van der Waals surface area (Å²) in [6.45, 7) is 4.94. The summed E-state index contributed by atoms with van der Waals surface area (Å²) in [6, 6.07) is -0.551. The molecule has 2 unspecified atom stereocenters. The van der Waals surface area contributed by atoms with Gasteiger partial charge in [-0.15, -0.1) is 0 Å². The van der Waals surface area contributed by atoms with Gasteiger partial charge in [-0.1, -0.05) is 326 Å². The number of ether oxygens (including phenoxy) is 1. The number of hydrogen-bond donors (Lipinski definition) is 3. The van der Waals surface area contributed by atoms with Gasteiger partial charge in [0.2, 0.25) is 5.91 Å². The van der Waals surface area contributed by atoms with E-state index in [0.717, 1.165) is 64.2 Å². The number of hydrogen-bond acceptors (Lipinski definition) is 5. The van der Waals surface area contributed by atoms with Crippen LogP contribution in [0.5, 0.6) is 0 Å². The van der Waals surface area contributed by atoms with Gasteiger partial charge in [-0.2, -0.15) is 0 Å². The minimum absolute atomic E-state index is 0.000334. The zero-order valence-electron chi connectivity index (χ0n) is 53.1. The number of aliphatic hydroxyl groups is 2. The van der Waals surface area contributed by atoms with Crippen molar-refractivity contribution in [1.29, 1.82) is 0 Å². The summed E-state index contributed by atoms with van der Waals surface area (Å²) in [6.07, 6.45) is 88.6. The molecule has 2 atom stereocenters. The largest absolute Gasteiger partial charge is 0.466 e. The van der Waals surface area contributed by atoms with Crippen molar-refractivity contribution in [1.82, 2.24) is 5.32 Å². The summed E-state index contributed by atoms with van der Waals surface area (Å²) in [7, 11) is 0. The normalized spacial score (nSPS) is 12.8. The summed E-state index contributed by atoms with van der Waals surface area (Å²) in [5.74, 6) is -0.0425. The second-order valence-electron chi connectivity index (χ2n) is 24.2. The first-order chi connectivity index (χ1) is 39.0. The second-order valence-corrected chi connectivity index (χ2v) is 24.2. The van der Waals surface area contributed by atoms with Crippen LogP contribution < -0.4 is 5.32 Å². The number of unbranched alkanes of at least 4 members (excludes halogenated alkanes) is 47. The smallest absolute Gasteiger partial charge is 0.305 e. The molecule has 0 fully saturated rings. The van der Waals surface area contributed by atoms with Crippen molar-refractivity contribution in [2.24, 2.45) is 0 Å². The highest BCUT2D eigenvalue weighted by Gasteiger charge is 2.20. The predicted molar refractivity (Wildman–Crippen MR) is 347 cm³/mol. The highest BCUT2D eigenvalue weighted by molar-refractivity contribution is 5.76. The van der Waals surface area contributed by atoms with Crippen LogP contribution in [0, 0.1) is 0 Å². The third kappa shape index (κ3) is 64.8. The Hall–Kier alpha value is -2.18. The molecule has 0 radical (unpaired) electrons. The molecule has 3 N–H and O–H groups in total. The summed E-state index contributed by atoms with van der Waals surface area (Å²) in [5.41, 5.74) is 0. The van der Waals surface area contributed by atoms with Gasteiger partial charge in [-0.25, -0.2) is 0 Å². The van der Waals surface area contributed by atoms with Gasteiger partial charge in [-0.05, 0) is 89.9 Å². The molecular formula is C73H137NO5. The summed E-state index contributed by atoms with van der Waals surface area (Å²) >= 11 is 0. The van der Waals surface area contributed by atoms with Gasteiger partial charge >= 0.3 is 5.97 Å². The Labute approximate surface area is 493 Å². The molecule has 0 rings (SSSR count). The lowest BCUT2D eigenvalue weighted by Crippen LogP contribution is -2.45. The van der Waals surface area contributed by atoms with Gasteiger partial charge in [0, 0.05) is 12.8 Å². The van der Waals surface area contributed by atoms with E-state index in [-0.39, 0.29) is 18.5 Å². The number of esters is 1. The highest BCUT2D eigenvalue weighted by Crippen LogP contribution is 2.18. The van der Waals surface area contributed by atoms with Crippen LogP contribution >= 0.6 is 0 Å². The van der Waals surface area contributed by atoms with Gasteiger partial charge in [0.15, 0.2) is 0 Å². The lowest BCUT2D eigenvalue weighted by Gasteiger charge is -2.22. The maximum absolute atomic E-state index is 12.5. The number of aliphatic hydroxyl groups excluding tert-OH is 2. The predicted octanol–water partition coefficient (Wildman–Crippen LogP) is 22.9. The van der Waals surface area contributed by atoms with E-state index in [2.05, 4.69) is 67.8 Å². The van der Waals surface area contributed by atoms with E-state index in [9.17, 15) is 19.8 Å². The van der Waals surface area contributed by atoms with Crippen LogP contribution in [0.4, 0.5) is 0 Å². The van der Waals surface area contributed by atoms with Crippen molar-refractivity contribution >= 4 is 11.9 Å². The lowest BCUT2D eigenvalue weighted by molar-refractivity contribution is -0.143. The molecule has 0 saturated heterocycles. The molecule has 6 heteroatoms. The molecule has 464 valence electrons. The van der Waals surface area contributed by atoms with Crippen LogP contribution in [-0.2, 0) is 14.3 Å². The first kappa shape index (κ1) is 76.8. The van der Waals surface area contributed by atoms with Gasteiger partial charge in [0.25, 0.3) is 0 Å². The van der Waals surface area contributed by atoms with Crippen LogP contribution in [0.3, 0.4) is 0 Å². The second kappa shape index (κ2) is 68.3. The summed E-state index contributed by atoms with van der Waals surface area (Å²) < 4.78 is 5.49. The zero-order chi connectivity index (χ0) is 57.1. The molecular weight excluding hydrogens is 971 g/mol. The van der Waals surface area contributed by atoms with Crippen LogP contribution in [0.2, 0.25) is 0 Å². The first-order valence-corrected chi connectivity index (χ1v) is 35.4. The third-order valence-electron chi connectivity index (χ3n) is 16.4. The average Bonchev–Trinajstić information content (AvgIpc) is 3.45. The molecule has 0 aliphatic rings. The highest BCUT2D eigenvalue weighted by atomic mass is 16.5. The molecule has 0 heterocycles. The maximum atomic E-state index is 12.5. The van der Waals surface area contributed by atoms with Crippen LogP contribution in [-0.4, -0.2) is 47.4 Å². The molecule has 0 bridgehead atoms. The van der Waals surface area contributed by atoms with Crippen LogP contribution in [0.1, 0.15) is 380 Å². The van der Waals surface area contributed by atoms with E-state index in [1.807, 2.05) is 0 Å². The number of rotatable bonds is 66. The summed E-state index contributed by atoms with van der Waals surface area (Å²) in [4.78, 5) is 24.6. The van der Waals surface area contributed by atoms with Gasteiger partial charge < -0.3 is 20.3 Å². The van der Waals surface area contributed by atoms with Gasteiger partial charge in [0.05, 0.1) is 25.4 Å². The van der Waals surface area contributed by atoms with E-state index in [1.165, 1.54) is 283 Å². The fraction of sp³-hybridized carbons (Fsp3) is 0.863. The Morgan fingerprint density at radius 1 is 0.354 bits per heavy atom. The minimum Gasteiger partial charge on any atom is -0.466 e. The van der Waals surface area contributed by atoms with Gasteiger partial charge in [0.1, 0.15) is 0 Å². The molecule has 0 spiro atoms. The van der Waals surface area contributed by atoms with E-state index in [0.29, 0.717) is 25.9 Å². The van der Waals surface area contributed by atoms with E-state index < -0.39 is 12.1 Å². The maximum Gasteiger partial charge on any atom is 0.305 e. The topological polar surface area (TPSA) is 95.9 Å². The molecule has 0 aromatic rings. The minimum atomic E-state index is -0.673. The number of allylic oxidation sites excluding steroid dienone is 8. The van der Waals surface area contributed by atoms with Crippen molar-refractivity contribution in [2.75, 3.05) is 13.2 Å². The SMILES string of the molecule is CCCCC/C=C\C/C=C\CCCCCCCCCC(=O)OCCCCCCCCCCC/C=C\C/C=C\CCCCCCCCCC(=O)NC(CO)C(O)CCCCCCCCCCCCCCCCCCCCCCCC. The molecule has 0 aliphatic heterocycles. The molecule has 0 aromatic heterocycles. The average molecular weight is 1110 g/mol. The first-order valence-electron chi connectivity index (χ1n) is 35.4. The Morgan fingerprint density at radius 3 is 0.987 bits per heavy atom. The molecule has 0 aliphatic carbocycles. The van der Waals surface area contributed by atoms with E-state index >= 15 is 0 Å². The lowest BCUT2D eigenvalue weighted by atomic mass is 10.0.